The van der Waals surface area contributed by atoms with Gasteiger partial charge >= 0.3 is 0 Å². The van der Waals surface area contributed by atoms with Crippen LogP contribution in [-0.2, 0) is 0 Å². The molecule has 0 aliphatic rings. The van der Waals surface area contributed by atoms with Gasteiger partial charge in [0.1, 0.15) is 10.8 Å². The van der Waals surface area contributed by atoms with Crippen LogP contribution in [0.4, 0.5) is 10.3 Å². The van der Waals surface area contributed by atoms with Crippen molar-refractivity contribution in [3.8, 4) is 0 Å². The van der Waals surface area contributed by atoms with Crippen molar-refractivity contribution in [3.63, 3.8) is 0 Å². The van der Waals surface area contributed by atoms with Crippen molar-refractivity contribution in [1.82, 2.24) is 9.97 Å². The van der Waals surface area contributed by atoms with Gasteiger partial charge in [-0.25, -0.2) is 14.4 Å². The second-order valence-corrected chi connectivity index (χ2v) is 3.85. The lowest BCUT2D eigenvalue weighted by Gasteiger charge is -2.01. The summed E-state index contributed by atoms with van der Waals surface area (Å²) in [6.07, 6.45) is 1.55. The van der Waals surface area contributed by atoms with E-state index >= 15 is 0 Å². The highest BCUT2D eigenvalue weighted by Crippen LogP contribution is 2.27. The third kappa shape index (κ3) is 2.44. The average Bonchev–Trinajstić information content (AvgIpc) is 2.22. The maximum Gasteiger partial charge on any atom is 0.221 e. The van der Waals surface area contributed by atoms with Gasteiger partial charge in [0, 0.05) is 11.1 Å². The van der Waals surface area contributed by atoms with E-state index in [1.165, 1.54) is 17.8 Å². The van der Waals surface area contributed by atoms with E-state index in [0.29, 0.717) is 9.92 Å². The molecule has 0 fully saturated rings. The molecule has 1 aromatic carbocycles. The van der Waals surface area contributed by atoms with Crippen molar-refractivity contribution in [3.05, 3.63) is 42.3 Å². The molecule has 3 nitrogen and oxygen atoms in total. The zero-order valence-electron chi connectivity index (χ0n) is 7.72. The van der Waals surface area contributed by atoms with Gasteiger partial charge in [0.05, 0.1) is 0 Å². The summed E-state index contributed by atoms with van der Waals surface area (Å²) in [5, 5.41) is 0.632. The maximum absolute atomic E-state index is 13.3. The number of anilines is 1. The fourth-order valence-electron chi connectivity index (χ4n) is 1.05. The van der Waals surface area contributed by atoms with Crippen LogP contribution in [0, 0.1) is 5.82 Å². The lowest BCUT2D eigenvalue weighted by molar-refractivity contribution is 0.602. The molecule has 0 saturated carbocycles. The summed E-state index contributed by atoms with van der Waals surface area (Å²) in [6.45, 7) is 0. The largest absolute Gasteiger partial charge is 0.368 e. The molecule has 0 atom stereocenters. The first-order valence-corrected chi connectivity index (χ1v) is 5.08. The summed E-state index contributed by atoms with van der Waals surface area (Å²) in [5.74, 6) is -0.0731. The number of halogens is 1. The summed E-state index contributed by atoms with van der Waals surface area (Å²) in [4.78, 5) is 8.26. The van der Waals surface area contributed by atoms with Gasteiger partial charge < -0.3 is 5.73 Å². The summed E-state index contributed by atoms with van der Waals surface area (Å²) in [7, 11) is 0. The van der Waals surface area contributed by atoms with Gasteiger partial charge in [-0.05, 0) is 18.2 Å². The van der Waals surface area contributed by atoms with E-state index in [4.69, 9.17) is 5.73 Å². The first-order chi connectivity index (χ1) is 7.25. The number of nitrogen functional groups attached to an aromatic ring is 1. The molecule has 0 bridgehead atoms. The van der Waals surface area contributed by atoms with Gasteiger partial charge in [-0.1, -0.05) is 23.9 Å². The van der Waals surface area contributed by atoms with E-state index in [-0.39, 0.29) is 11.8 Å². The van der Waals surface area contributed by atoms with E-state index in [0.717, 1.165) is 0 Å². The third-order valence-corrected chi connectivity index (χ3v) is 2.69. The highest BCUT2D eigenvalue weighted by atomic mass is 32.2. The Labute approximate surface area is 90.6 Å². The van der Waals surface area contributed by atoms with Crippen molar-refractivity contribution in [2.24, 2.45) is 0 Å². The van der Waals surface area contributed by atoms with Crippen molar-refractivity contribution in [2.45, 2.75) is 9.92 Å². The predicted molar refractivity (Wildman–Crippen MR) is 57.0 cm³/mol. The SMILES string of the molecule is Nc1nccc(Sc2ccccc2F)n1. The zero-order chi connectivity index (χ0) is 10.7. The fourth-order valence-corrected chi connectivity index (χ4v) is 1.86. The molecule has 2 rings (SSSR count). The summed E-state index contributed by atoms with van der Waals surface area (Å²) < 4.78 is 13.3. The van der Waals surface area contributed by atoms with Gasteiger partial charge in [-0.2, -0.15) is 0 Å². The Balaban J connectivity index is 2.26. The van der Waals surface area contributed by atoms with E-state index in [1.54, 1.807) is 30.5 Å². The van der Waals surface area contributed by atoms with Crippen molar-refractivity contribution in [1.29, 1.82) is 0 Å². The van der Waals surface area contributed by atoms with E-state index < -0.39 is 0 Å². The molecule has 0 saturated heterocycles. The van der Waals surface area contributed by atoms with Crippen LogP contribution in [0.15, 0.2) is 46.5 Å². The van der Waals surface area contributed by atoms with Crippen LogP contribution in [0.2, 0.25) is 0 Å². The Morgan fingerprint density at radius 2 is 2.00 bits per heavy atom. The van der Waals surface area contributed by atoms with E-state index in [9.17, 15) is 4.39 Å². The quantitative estimate of drug-likeness (QED) is 0.791. The predicted octanol–water partition coefficient (Wildman–Crippen LogP) is 2.35. The first kappa shape index (κ1) is 9.92. The molecule has 1 aromatic heterocycles. The molecule has 2 N–H and O–H groups in total. The highest BCUT2D eigenvalue weighted by Gasteiger charge is 2.04. The topological polar surface area (TPSA) is 51.8 Å². The Morgan fingerprint density at radius 3 is 2.73 bits per heavy atom. The molecule has 0 aliphatic carbocycles. The molecule has 15 heavy (non-hydrogen) atoms. The van der Waals surface area contributed by atoms with Crippen LogP contribution < -0.4 is 5.73 Å². The number of nitrogens with two attached hydrogens (primary N) is 1. The number of benzene rings is 1. The molecule has 0 spiro atoms. The molecule has 0 radical (unpaired) electrons. The molecular weight excluding hydrogens is 213 g/mol. The number of rotatable bonds is 2. The lowest BCUT2D eigenvalue weighted by Crippen LogP contribution is -1.94. The second-order valence-electron chi connectivity index (χ2n) is 2.79. The number of hydrogen-bond acceptors (Lipinski definition) is 4. The highest BCUT2D eigenvalue weighted by molar-refractivity contribution is 7.99. The van der Waals surface area contributed by atoms with Gasteiger partial charge in [0.25, 0.3) is 0 Å². The van der Waals surface area contributed by atoms with E-state index in [2.05, 4.69) is 9.97 Å². The number of aromatic nitrogens is 2. The second kappa shape index (κ2) is 4.27. The minimum absolute atomic E-state index is 0.191. The van der Waals surface area contributed by atoms with Crippen molar-refractivity contribution in [2.75, 3.05) is 5.73 Å². The Bertz CT molecular complexity index is 476. The minimum Gasteiger partial charge on any atom is -0.368 e. The van der Waals surface area contributed by atoms with Crippen LogP contribution in [0.5, 0.6) is 0 Å². The minimum atomic E-state index is -0.264. The van der Waals surface area contributed by atoms with Gasteiger partial charge in [-0.3, -0.25) is 0 Å². The van der Waals surface area contributed by atoms with Crippen molar-refractivity contribution < 1.29 is 4.39 Å². The molecule has 0 aliphatic heterocycles. The zero-order valence-corrected chi connectivity index (χ0v) is 8.54. The third-order valence-electron chi connectivity index (χ3n) is 1.70. The van der Waals surface area contributed by atoms with Crippen molar-refractivity contribution >= 4 is 17.7 Å². The molecule has 0 amide bonds. The standard InChI is InChI=1S/C10H8FN3S/c11-7-3-1-2-4-8(7)15-9-5-6-13-10(12)14-9/h1-6H,(H2,12,13,14). The Hall–Kier alpha value is -1.62. The van der Waals surface area contributed by atoms with Crippen LogP contribution in [0.25, 0.3) is 0 Å². The van der Waals surface area contributed by atoms with Crippen LogP contribution in [0.3, 0.4) is 0 Å². The normalized spacial score (nSPS) is 10.2. The molecule has 2 aromatic rings. The summed E-state index contributed by atoms with van der Waals surface area (Å²) in [5.41, 5.74) is 5.42. The fraction of sp³-hybridized carbons (Fsp3) is 0. The average molecular weight is 221 g/mol. The maximum atomic E-state index is 13.3. The Morgan fingerprint density at radius 1 is 1.20 bits per heavy atom. The summed E-state index contributed by atoms with van der Waals surface area (Å²) in [6, 6.07) is 8.21. The smallest absolute Gasteiger partial charge is 0.221 e. The first-order valence-electron chi connectivity index (χ1n) is 4.26. The number of hydrogen-bond donors (Lipinski definition) is 1. The summed E-state index contributed by atoms with van der Waals surface area (Å²) >= 11 is 1.22. The van der Waals surface area contributed by atoms with E-state index in [1.807, 2.05) is 0 Å². The monoisotopic (exact) mass is 221 g/mol. The van der Waals surface area contributed by atoms with Gasteiger partial charge in [-0.15, -0.1) is 0 Å². The van der Waals surface area contributed by atoms with Crippen LogP contribution >= 0.6 is 11.8 Å². The molecule has 76 valence electrons. The van der Waals surface area contributed by atoms with Gasteiger partial charge in [0.15, 0.2) is 0 Å². The molecular formula is C10H8FN3S. The van der Waals surface area contributed by atoms with Crippen LogP contribution in [0.1, 0.15) is 0 Å². The lowest BCUT2D eigenvalue weighted by atomic mass is 10.3. The van der Waals surface area contributed by atoms with Crippen LogP contribution in [-0.4, -0.2) is 9.97 Å². The Kier molecular flexibility index (Phi) is 2.82. The molecule has 5 heteroatoms. The van der Waals surface area contributed by atoms with Gasteiger partial charge in [0.2, 0.25) is 5.95 Å². The number of nitrogens with zero attached hydrogens (tertiary/aromatic N) is 2. The molecule has 0 unspecified atom stereocenters. The molecule has 1 heterocycles.